The molecule has 6 rings (SSSR count). The van der Waals surface area contributed by atoms with Crippen molar-refractivity contribution in [2.24, 2.45) is 0 Å². The number of carbonyl (C=O) groups is 2. The van der Waals surface area contributed by atoms with Crippen molar-refractivity contribution in [2.75, 3.05) is 31.1 Å². The summed E-state index contributed by atoms with van der Waals surface area (Å²) in [6.07, 6.45) is -4.83. The van der Waals surface area contributed by atoms with Crippen molar-refractivity contribution in [3.8, 4) is 5.75 Å². The predicted octanol–water partition coefficient (Wildman–Crippen LogP) is 3.07. The van der Waals surface area contributed by atoms with Crippen LogP contribution in [0.4, 0.5) is 18.3 Å². The van der Waals surface area contributed by atoms with Crippen LogP contribution < -0.4 is 15.0 Å². The maximum absolute atomic E-state index is 12.8. The van der Waals surface area contributed by atoms with Crippen molar-refractivity contribution in [1.29, 1.82) is 0 Å². The summed E-state index contributed by atoms with van der Waals surface area (Å²) in [5.74, 6) is -0.0459. The van der Waals surface area contributed by atoms with Crippen molar-refractivity contribution in [1.82, 2.24) is 25.3 Å². The summed E-state index contributed by atoms with van der Waals surface area (Å²) in [7, 11) is 0. The van der Waals surface area contributed by atoms with Crippen molar-refractivity contribution in [3.63, 3.8) is 0 Å². The number of hydrogen-bond acceptors (Lipinski definition) is 10. The van der Waals surface area contributed by atoms with Gasteiger partial charge in [-0.3, -0.25) is 24.7 Å². The van der Waals surface area contributed by atoms with Crippen molar-refractivity contribution < 1.29 is 32.6 Å². The minimum Gasteiger partial charge on any atom is -0.489 e. The number of nitrogens with zero attached hydrogens (tertiary/aromatic N) is 5. The van der Waals surface area contributed by atoms with Gasteiger partial charge < -0.3 is 14.7 Å². The molecule has 10 nitrogen and oxygen atoms in total. The van der Waals surface area contributed by atoms with Gasteiger partial charge in [0.15, 0.2) is 0 Å². The van der Waals surface area contributed by atoms with Crippen molar-refractivity contribution in [2.45, 2.75) is 51.0 Å². The van der Waals surface area contributed by atoms with Crippen LogP contribution in [0.1, 0.15) is 46.3 Å². The molecule has 2 saturated heterocycles. The number of fused-ring (bicyclic) bond motifs is 1. The van der Waals surface area contributed by atoms with Crippen molar-refractivity contribution in [3.05, 3.63) is 69.7 Å². The second-order valence-corrected chi connectivity index (χ2v) is 11.5. The Morgan fingerprint density at radius 3 is 2.45 bits per heavy atom. The van der Waals surface area contributed by atoms with Crippen LogP contribution in [0.25, 0.3) is 0 Å². The summed E-state index contributed by atoms with van der Waals surface area (Å²) in [4.78, 5) is 29.7. The lowest BCUT2D eigenvalue weighted by Crippen LogP contribution is -2.51. The lowest BCUT2D eigenvalue weighted by atomic mass is 10.0. The van der Waals surface area contributed by atoms with E-state index in [2.05, 4.69) is 20.4 Å². The molecule has 2 amide bonds. The Bertz CT molecular complexity index is 1460. The first-order chi connectivity index (χ1) is 20.2. The molecule has 2 N–H and O–H groups in total. The molecule has 42 heavy (non-hydrogen) atoms. The molecule has 1 aromatic heterocycles. The zero-order valence-corrected chi connectivity index (χ0v) is 23.3. The SMILES string of the molecule is O=C1CCC(N2Cc3c(OCc4ccc(CN5CCN(c6nnc(C(F)(F)F)s6)CC5)cc4)cccc3C2O)C(=O)N1. The first-order valence-electron chi connectivity index (χ1n) is 13.6. The molecule has 0 bridgehead atoms. The van der Waals surface area contributed by atoms with E-state index < -0.39 is 23.5 Å². The average Bonchev–Trinajstić information content (AvgIpc) is 3.59. The molecule has 3 aromatic rings. The molecule has 0 spiro atoms. The minimum absolute atomic E-state index is 0.238. The van der Waals surface area contributed by atoms with Gasteiger partial charge in [-0.15, -0.1) is 10.2 Å². The fourth-order valence-corrected chi connectivity index (χ4v) is 6.33. The Morgan fingerprint density at radius 1 is 1.02 bits per heavy atom. The van der Waals surface area contributed by atoms with Crippen LogP contribution in [0, 0.1) is 0 Å². The summed E-state index contributed by atoms with van der Waals surface area (Å²) in [5.41, 5.74) is 3.61. The van der Waals surface area contributed by atoms with Crippen molar-refractivity contribution >= 4 is 28.3 Å². The van der Waals surface area contributed by atoms with Crippen LogP contribution in [-0.2, 0) is 35.5 Å². The lowest BCUT2D eigenvalue weighted by Gasteiger charge is -2.34. The molecule has 2 atom stereocenters. The average molecular weight is 603 g/mol. The van der Waals surface area contributed by atoms with Gasteiger partial charge in [-0.1, -0.05) is 47.7 Å². The van der Waals surface area contributed by atoms with Gasteiger partial charge in [0.1, 0.15) is 18.6 Å². The smallest absolute Gasteiger partial charge is 0.445 e. The van der Waals surface area contributed by atoms with E-state index in [9.17, 15) is 27.9 Å². The van der Waals surface area contributed by atoms with E-state index in [1.165, 1.54) is 0 Å². The van der Waals surface area contributed by atoms with Crippen LogP contribution in [0.3, 0.4) is 0 Å². The molecule has 3 aliphatic heterocycles. The number of amides is 2. The van der Waals surface area contributed by atoms with Crippen LogP contribution in [-0.4, -0.2) is 69.1 Å². The number of aliphatic hydroxyl groups excluding tert-OH is 1. The number of aromatic nitrogens is 2. The maximum Gasteiger partial charge on any atom is 0.445 e. The van der Waals surface area contributed by atoms with E-state index in [0.29, 0.717) is 73.5 Å². The number of imide groups is 1. The van der Waals surface area contributed by atoms with Gasteiger partial charge in [0.2, 0.25) is 22.0 Å². The quantitative estimate of drug-likeness (QED) is 0.394. The topological polar surface area (TPSA) is 111 Å². The fourth-order valence-electron chi connectivity index (χ4n) is 5.57. The second-order valence-electron chi connectivity index (χ2n) is 10.6. The molecule has 0 saturated carbocycles. The van der Waals surface area contributed by atoms with E-state index >= 15 is 0 Å². The van der Waals surface area contributed by atoms with Gasteiger partial charge in [-0.05, 0) is 23.6 Å². The molecular formula is C28H29F3N6O4S. The summed E-state index contributed by atoms with van der Waals surface area (Å²) in [6, 6.07) is 13.0. The number of halogens is 3. The highest BCUT2D eigenvalue weighted by molar-refractivity contribution is 7.15. The molecule has 2 unspecified atom stereocenters. The molecule has 2 fully saturated rings. The van der Waals surface area contributed by atoms with E-state index in [0.717, 1.165) is 23.2 Å². The Labute approximate surface area is 243 Å². The fraction of sp³-hybridized carbons (Fsp3) is 0.429. The third-order valence-electron chi connectivity index (χ3n) is 7.84. The zero-order chi connectivity index (χ0) is 29.4. The predicted molar refractivity (Wildman–Crippen MR) is 146 cm³/mol. The van der Waals surface area contributed by atoms with Gasteiger partial charge in [-0.2, -0.15) is 13.2 Å². The van der Waals surface area contributed by atoms with Gasteiger partial charge in [-0.25, -0.2) is 0 Å². The third-order valence-corrected chi connectivity index (χ3v) is 8.86. The molecule has 0 aliphatic carbocycles. The number of benzene rings is 2. The highest BCUT2D eigenvalue weighted by atomic mass is 32.1. The summed E-state index contributed by atoms with van der Waals surface area (Å²) >= 11 is 0.576. The maximum atomic E-state index is 12.8. The Kier molecular flexibility index (Phi) is 7.87. The number of aliphatic hydroxyl groups is 1. The van der Waals surface area contributed by atoms with E-state index in [-0.39, 0.29) is 18.2 Å². The molecule has 4 heterocycles. The molecule has 14 heteroatoms. The highest BCUT2D eigenvalue weighted by Crippen LogP contribution is 2.40. The Hall–Kier alpha value is -3.59. The molecule has 222 valence electrons. The first kappa shape index (κ1) is 28.5. The summed E-state index contributed by atoms with van der Waals surface area (Å²) < 4.78 is 44.7. The standard InChI is InChI=1S/C28H29F3N6O4S/c29-28(30,31)26-33-34-27(42-26)36-12-10-35(11-13-36)14-17-4-6-18(7-5-17)16-41-22-3-1-2-19-20(22)15-37(25(19)40)21-8-9-23(38)32-24(21)39/h1-7,21,25,40H,8-16H2,(H,32,38,39). The number of hydrogen-bond donors (Lipinski definition) is 2. The highest BCUT2D eigenvalue weighted by Gasteiger charge is 2.41. The number of nitrogens with one attached hydrogen (secondary N) is 1. The van der Waals surface area contributed by atoms with Gasteiger partial charge in [0, 0.05) is 56.8 Å². The normalized spacial score (nSPS) is 21.9. The monoisotopic (exact) mass is 602 g/mol. The first-order valence-corrected chi connectivity index (χ1v) is 14.5. The number of ether oxygens (including phenoxy) is 1. The van der Waals surface area contributed by atoms with Crippen LogP contribution in [0.5, 0.6) is 5.75 Å². The van der Waals surface area contributed by atoms with E-state index in [1.54, 1.807) is 4.90 Å². The van der Waals surface area contributed by atoms with E-state index in [4.69, 9.17) is 4.74 Å². The van der Waals surface area contributed by atoms with Crippen LogP contribution in [0.15, 0.2) is 42.5 Å². The lowest BCUT2D eigenvalue weighted by molar-refractivity contribution is -0.142. The minimum atomic E-state index is -4.47. The zero-order valence-electron chi connectivity index (χ0n) is 22.5. The second kappa shape index (κ2) is 11.6. The number of alkyl halides is 3. The largest absolute Gasteiger partial charge is 0.489 e. The Morgan fingerprint density at radius 2 is 1.76 bits per heavy atom. The molecule has 2 aromatic carbocycles. The van der Waals surface area contributed by atoms with Gasteiger partial charge >= 0.3 is 6.18 Å². The number of anilines is 1. The molecular weight excluding hydrogens is 573 g/mol. The Balaban J connectivity index is 1.01. The molecule has 0 radical (unpaired) electrons. The summed E-state index contributed by atoms with van der Waals surface area (Å²) in [5, 5.41) is 19.6. The number of rotatable bonds is 7. The van der Waals surface area contributed by atoms with Crippen LogP contribution >= 0.6 is 11.3 Å². The number of piperazine rings is 1. The van der Waals surface area contributed by atoms with E-state index in [1.807, 2.05) is 47.4 Å². The number of piperidine rings is 1. The van der Waals surface area contributed by atoms with Gasteiger partial charge in [0.05, 0.1) is 6.04 Å². The third kappa shape index (κ3) is 5.98. The van der Waals surface area contributed by atoms with Gasteiger partial charge in [0.25, 0.3) is 0 Å². The molecule has 3 aliphatic rings. The summed E-state index contributed by atoms with van der Waals surface area (Å²) in [6.45, 7) is 3.95. The number of carbonyl (C=O) groups excluding carboxylic acids is 2. The van der Waals surface area contributed by atoms with Crippen LogP contribution in [0.2, 0.25) is 0 Å².